The van der Waals surface area contributed by atoms with Crippen molar-refractivity contribution in [3.8, 4) is 11.3 Å². The minimum Gasteiger partial charge on any atom is -0.387 e. The van der Waals surface area contributed by atoms with Gasteiger partial charge in [0.1, 0.15) is 12.2 Å². The van der Waals surface area contributed by atoms with Crippen LogP contribution in [0.4, 0.5) is 13.2 Å². The molecule has 3 unspecified atom stereocenters. The van der Waals surface area contributed by atoms with Crippen molar-refractivity contribution in [3.05, 3.63) is 47.2 Å². The Morgan fingerprint density at radius 3 is 2.54 bits per heavy atom. The van der Waals surface area contributed by atoms with Crippen LogP contribution in [0.25, 0.3) is 11.3 Å². The Balaban J connectivity index is 2.04. The highest BCUT2D eigenvalue weighted by molar-refractivity contribution is 5.61. The number of halogens is 3. The lowest BCUT2D eigenvalue weighted by Gasteiger charge is -2.37. The molecule has 0 aliphatic heterocycles. The Hall–Kier alpha value is -2.03. The van der Waals surface area contributed by atoms with Crippen LogP contribution in [-0.4, -0.2) is 37.2 Å². The SMILES string of the molecule is CC1(O)Cc2nnc(-c3cccc(C(F)(F)F)c3)cc2C(O)C1O. The number of aliphatic hydroxyl groups excluding tert-OH is 2. The van der Waals surface area contributed by atoms with E-state index in [-0.39, 0.29) is 23.2 Å². The first-order valence-electron chi connectivity index (χ1n) is 7.22. The molecule has 0 amide bonds. The molecule has 0 radical (unpaired) electrons. The molecule has 8 heteroatoms. The van der Waals surface area contributed by atoms with E-state index in [2.05, 4.69) is 10.2 Å². The van der Waals surface area contributed by atoms with E-state index in [1.165, 1.54) is 25.1 Å². The number of benzene rings is 1. The van der Waals surface area contributed by atoms with Gasteiger partial charge in [0.05, 0.1) is 22.6 Å². The zero-order valence-corrected chi connectivity index (χ0v) is 12.6. The van der Waals surface area contributed by atoms with Crippen molar-refractivity contribution >= 4 is 0 Å². The predicted octanol–water partition coefficient (Wildman–Crippen LogP) is 1.86. The first-order chi connectivity index (χ1) is 11.1. The highest BCUT2D eigenvalue weighted by atomic mass is 19.4. The van der Waals surface area contributed by atoms with Crippen molar-refractivity contribution in [1.82, 2.24) is 10.2 Å². The summed E-state index contributed by atoms with van der Waals surface area (Å²) in [6.07, 6.45) is -7.32. The van der Waals surface area contributed by atoms with Crippen LogP contribution >= 0.6 is 0 Å². The van der Waals surface area contributed by atoms with Gasteiger partial charge >= 0.3 is 6.18 Å². The summed E-state index contributed by atoms with van der Waals surface area (Å²) in [5.41, 5.74) is -1.49. The van der Waals surface area contributed by atoms with Crippen molar-refractivity contribution in [3.63, 3.8) is 0 Å². The second-order valence-corrected chi connectivity index (χ2v) is 6.13. The monoisotopic (exact) mass is 340 g/mol. The summed E-state index contributed by atoms with van der Waals surface area (Å²) in [5.74, 6) is 0. The van der Waals surface area contributed by atoms with E-state index in [1.807, 2.05) is 0 Å². The van der Waals surface area contributed by atoms with Crippen LogP contribution in [0, 0.1) is 0 Å². The van der Waals surface area contributed by atoms with Crippen molar-refractivity contribution in [1.29, 1.82) is 0 Å². The molecule has 3 N–H and O–H groups in total. The second-order valence-electron chi connectivity index (χ2n) is 6.13. The fourth-order valence-corrected chi connectivity index (χ4v) is 2.77. The lowest BCUT2D eigenvalue weighted by molar-refractivity contribution is -0.137. The minimum absolute atomic E-state index is 0.0174. The lowest BCUT2D eigenvalue weighted by atomic mass is 9.80. The maximum Gasteiger partial charge on any atom is 0.416 e. The Kier molecular flexibility index (Phi) is 3.86. The Labute approximate surface area is 135 Å². The third kappa shape index (κ3) is 2.88. The van der Waals surface area contributed by atoms with Crippen LogP contribution in [0.3, 0.4) is 0 Å². The van der Waals surface area contributed by atoms with Gasteiger partial charge in [0.25, 0.3) is 0 Å². The molecule has 5 nitrogen and oxygen atoms in total. The summed E-state index contributed by atoms with van der Waals surface area (Å²) in [4.78, 5) is 0. The highest BCUT2D eigenvalue weighted by Crippen LogP contribution is 2.37. The Morgan fingerprint density at radius 2 is 1.88 bits per heavy atom. The number of aromatic nitrogens is 2. The van der Waals surface area contributed by atoms with Crippen molar-refractivity contribution in [2.24, 2.45) is 0 Å². The molecule has 0 saturated carbocycles. The molecule has 24 heavy (non-hydrogen) atoms. The zero-order chi connectivity index (χ0) is 17.7. The molecule has 0 fully saturated rings. The number of fused-ring (bicyclic) bond motifs is 1. The van der Waals surface area contributed by atoms with Crippen molar-refractivity contribution in [2.45, 2.75) is 37.3 Å². The molecule has 0 saturated heterocycles. The summed E-state index contributed by atoms with van der Waals surface area (Å²) in [5, 5.41) is 38.0. The number of hydrogen-bond donors (Lipinski definition) is 3. The first kappa shape index (κ1) is 16.8. The van der Waals surface area contributed by atoms with Crippen LogP contribution in [0.5, 0.6) is 0 Å². The lowest BCUT2D eigenvalue weighted by Crippen LogP contribution is -2.49. The summed E-state index contributed by atoms with van der Waals surface area (Å²) < 4.78 is 38.5. The van der Waals surface area contributed by atoms with Crippen molar-refractivity contribution < 1.29 is 28.5 Å². The van der Waals surface area contributed by atoms with Gasteiger partial charge in [-0.25, -0.2) is 0 Å². The quantitative estimate of drug-likeness (QED) is 0.738. The maximum atomic E-state index is 12.8. The van der Waals surface area contributed by atoms with Crippen LogP contribution in [-0.2, 0) is 12.6 Å². The van der Waals surface area contributed by atoms with Gasteiger partial charge in [-0.1, -0.05) is 12.1 Å². The standard InChI is InChI=1S/C16H15F3N2O3/c1-15(24)7-12-10(13(22)14(15)23)6-11(20-21-12)8-3-2-4-9(5-8)16(17,18)19/h2-6,13-14,22-24H,7H2,1H3. The number of alkyl halides is 3. The molecular formula is C16H15F3N2O3. The van der Waals surface area contributed by atoms with Gasteiger partial charge in [-0.2, -0.15) is 23.4 Å². The van der Waals surface area contributed by atoms with E-state index in [0.717, 1.165) is 12.1 Å². The van der Waals surface area contributed by atoms with Gasteiger partial charge in [-0.3, -0.25) is 0 Å². The topological polar surface area (TPSA) is 86.5 Å². The molecule has 128 valence electrons. The van der Waals surface area contributed by atoms with Gasteiger partial charge in [-0.05, 0) is 25.1 Å². The number of rotatable bonds is 1. The maximum absolute atomic E-state index is 12.8. The van der Waals surface area contributed by atoms with E-state index in [4.69, 9.17) is 0 Å². The van der Waals surface area contributed by atoms with E-state index in [1.54, 1.807) is 0 Å². The van der Waals surface area contributed by atoms with Gasteiger partial charge in [-0.15, -0.1) is 0 Å². The summed E-state index contributed by atoms with van der Waals surface area (Å²) in [7, 11) is 0. The Morgan fingerprint density at radius 1 is 1.17 bits per heavy atom. The van der Waals surface area contributed by atoms with E-state index < -0.39 is 29.5 Å². The van der Waals surface area contributed by atoms with Crippen LogP contribution in [0.15, 0.2) is 30.3 Å². The van der Waals surface area contributed by atoms with Crippen molar-refractivity contribution in [2.75, 3.05) is 0 Å². The number of aliphatic hydroxyl groups is 3. The van der Waals surface area contributed by atoms with Crippen LogP contribution in [0.2, 0.25) is 0 Å². The molecule has 3 atom stereocenters. The molecule has 1 aromatic heterocycles. The zero-order valence-electron chi connectivity index (χ0n) is 12.6. The Bertz CT molecular complexity index is 777. The van der Waals surface area contributed by atoms with Gasteiger partial charge in [0, 0.05) is 17.5 Å². The van der Waals surface area contributed by atoms with Crippen LogP contribution < -0.4 is 0 Å². The number of hydrogen-bond acceptors (Lipinski definition) is 5. The smallest absolute Gasteiger partial charge is 0.387 e. The van der Waals surface area contributed by atoms with E-state index >= 15 is 0 Å². The van der Waals surface area contributed by atoms with Gasteiger partial charge in [0.2, 0.25) is 0 Å². The normalized spacial score (nSPS) is 27.0. The fourth-order valence-electron chi connectivity index (χ4n) is 2.77. The largest absolute Gasteiger partial charge is 0.416 e. The van der Waals surface area contributed by atoms with E-state index in [9.17, 15) is 28.5 Å². The fraction of sp³-hybridized carbons (Fsp3) is 0.375. The average Bonchev–Trinajstić information content (AvgIpc) is 2.52. The summed E-state index contributed by atoms with van der Waals surface area (Å²) in [6, 6.07) is 5.99. The molecule has 0 bridgehead atoms. The first-order valence-corrected chi connectivity index (χ1v) is 7.22. The third-order valence-corrected chi connectivity index (χ3v) is 4.17. The molecule has 1 aliphatic carbocycles. The molecule has 1 aliphatic rings. The number of nitrogens with zero attached hydrogens (tertiary/aromatic N) is 2. The highest BCUT2D eigenvalue weighted by Gasteiger charge is 2.43. The summed E-state index contributed by atoms with van der Waals surface area (Å²) in [6.45, 7) is 1.37. The molecule has 1 heterocycles. The third-order valence-electron chi connectivity index (χ3n) is 4.17. The molecule has 0 spiro atoms. The van der Waals surface area contributed by atoms with E-state index in [0.29, 0.717) is 5.69 Å². The van der Waals surface area contributed by atoms with Crippen LogP contribution in [0.1, 0.15) is 29.8 Å². The average molecular weight is 340 g/mol. The molecule has 3 rings (SSSR count). The molecular weight excluding hydrogens is 325 g/mol. The van der Waals surface area contributed by atoms with Gasteiger partial charge < -0.3 is 15.3 Å². The van der Waals surface area contributed by atoms with Gasteiger partial charge in [0.15, 0.2) is 0 Å². The minimum atomic E-state index is -4.48. The summed E-state index contributed by atoms with van der Waals surface area (Å²) >= 11 is 0. The molecule has 2 aromatic rings. The second kappa shape index (κ2) is 5.51. The predicted molar refractivity (Wildman–Crippen MR) is 77.8 cm³/mol. The molecule has 1 aromatic carbocycles.